The largest absolute Gasteiger partial charge is 0.497 e. The first kappa shape index (κ1) is 19.5. The van der Waals surface area contributed by atoms with Crippen LogP contribution in [0.2, 0.25) is 0 Å². The number of ether oxygens (including phenoxy) is 2. The van der Waals surface area contributed by atoms with Crippen LogP contribution in [0.5, 0.6) is 5.75 Å². The Bertz CT molecular complexity index is 853. The van der Waals surface area contributed by atoms with E-state index < -0.39 is 0 Å². The van der Waals surface area contributed by atoms with Crippen molar-refractivity contribution in [2.75, 3.05) is 26.8 Å². The van der Waals surface area contributed by atoms with Crippen LogP contribution in [0.25, 0.3) is 0 Å². The number of hydrogen-bond acceptors (Lipinski definition) is 4. The Morgan fingerprint density at radius 1 is 1.07 bits per heavy atom. The highest BCUT2D eigenvalue weighted by Gasteiger charge is 2.42. The lowest BCUT2D eigenvalue weighted by Gasteiger charge is -2.29. The molecule has 0 N–H and O–H groups in total. The molecule has 2 fully saturated rings. The van der Waals surface area contributed by atoms with Crippen LogP contribution in [0.3, 0.4) is 0 Å². The smallest absolute Gasteiger partial charge is 0.227 e. The fourth-order valence-electron chi connectivity index (χ4n) is 4.06. The Hall–Kier alpha value is -2.86. The van der Waals surface area contributed by atoms with Crippen LogP contribution in [0.15, 0.2) is 54.6 Å². The number of amides is 2. The van der Waals surface area contributed by atoms with Gasteiger partial charge in [-0.25, -0.2) is 0 Å². The highest BCUT2D eigenvalue weighted by atomic mass is 16.5. The zero-order valence-corrected chi connectivity index (χ0v) is 16.6. The molecule has 0 radical (unpaired) electrons. The second-order valence-corrected chi connectivity index (χ2v) is 7.56. The number of carbonyl (C=O) groups excluding carboxylic acids is 2. The molecule has 2 aromatic carbocycles. The van der Waals surface area contributed by atoms with E-state index in [0.717, 1.165) is 16.9 Å². The molecule has 29 heavy (non-hydrogen) atoms. The predicted octanol–water partition coefficient (Wildman–Crippen LogP) is 2.27. The number of methoxy groups -OCH3 is 1. The molecule has 2 aliphatic heterocycles. The summed E-state index contributed by atoms with van der Waals surface area (Å²) < 4.78 is 11.1. The molecule has 2 heterocycles. The first-order chi connectivity index (χ1) is 14.1. The molecule has 4 rings (SSSR count). The molecular weight excluding hydrogens is 368 g/mol. The Balaban J connectivity index is 1.45. The zero-order chi connectivity index (χ0) is 20.2. The molecule has 0 unspecified atom stereocenters. The van der Waals surface area contributed by atoms with Gasteiger partial charge < -0.3 is 19.3 Å². The minimum absolute atomic E-state index is 0.0546. The van der Waals surface area contributed by atoms with Crippen molar-refractivity contribution >= 4 is 11.8 Å². The van der Waals surface area contributed by atoms with Gasteiger partial charge in [-0.3, -0.25) is 9.59 Å². The lowest BCUT2D eigenvalue weighted by atomic mass is 10.1. The SMILES string of the molecule is COc1ccc(CC(=O)N2C[C@@H]3OCCC(=O)N(Cc4ccccc4)[C@H]3C2)cc1. The second kappa shape index (κ2) is 8.66. The van der Waals surface area contributed by atoms with Crippen molar-refractivity contribution in [3.63, 3.8) is 0 Å². The maximum Gasteiger partial charge on any atom is 0.227 e. The lowest BCUT2D eigenvalue weighted by Crippen LogP contribution is -2.45. The van der Waals surface area contributed by atoms with Crippen molar-refractivity contribution < 1.29 is 19.1 Å². The van der Waals surface area contributed by atoms with Crippen LogP contribution in [0.4, 0.5) is 0 Å². The van der Waals surface area contributed by atoms with E-state index in [9.17, 15) is 9.59 Å². The second-order valence-electron chi connectivity index (χ2n) is 7.56. The summed E-state index contributed by atoms with van der Waals surface area (Å²) in [5.41, 5.74) is 2.03. The molecule has 2 aliphatic rings. The van der Waals surface area contributed by atoms with Gasteiger partial charge in [0.05, 0.1) is 38.7 Å². The van der Waals surface area contributed by atoms with Gasteiger partial charge >= 0.3 is 0 Å². The van der Waals surface area contributed by atoms with Gasteiger partial charge in [-0.1, -0.05) is 42.5 Å². The summed E-state index contributed by atoms with van der Waals surface area (Å²) in [5.74, 6) is 0.915. The zero-order valence-electron chi connectivity index (χ0n) is 16.6. The minimum atomic E-state index is -0.134. The van der Waals surface area contributed by atoms with Gasteiger partial charge in [-0.15, -0.1) is 0 Å². The number of rotatable bonds is 5. The third-order valence-electron chi connectivity index (χ3n) is 5.67. The topological polar surface area (TPSA) is 59.1 Å². The Morgan fingerprint density at radius 2 is 1.83 bits per heavy atom. The standard InChI is InChI=1S/C23H26N2O4/c1-28-19-9-7-17(8-10-19)13-23(27)24-15-20-21(16-24)29-12-11-22(26)25(20)14-18-5-3-2-4-6-18/h2-10,20-21H,11-16H2,1H3/t20-,21-/m0/s1. The highest BCUT2D eigenvalue weighted by molar-refractivity contribution is 5.80. The van der Waals surface area contributed by atoms with Crippen LogP contribution < -0.4 is 4.74 Å². The summed E-state index contributed by atoms with van der Waals surface area (Å²) in [6, 6.07) is 17.4. The van der Waals surface area contributed by atoms with E-state index in [2.05, 4.69) is 0 Å². The number of carbonyl (C=O) groups is 2. The molecule has 2 aromatic rings. The normalized spacial score (nSPS) is 21.6. The van der Waals surface area contributed by atoms with E-state index in [4.69, 9.17) is 9.47 Å². The van der Waals surface area contributed by atoms with Gasteiger partial charge in [0.15, 0.2) is 0 Å². The monoisotopic (exact) mass is 394 g/mol. The van der Waals surface area contributed by atoms with Gasteiger partial charge in [0.25, 0.3) is 0 Å². The van der Waals surface area contributed by atoms with E-state index in [1.807, 2.05) is 64.4 Å². The number of likely N-dealkylation sites (tertiary alicyclic amines) is 1. The molecule has 0 bridgehead atoms. The molecule has 2 atom stereocenters. The van der Waals surface area contributed by atoms with E-state index >= 15 is 0 Å². The van der Waals surface area contributed by atoms with Crippen molar-refractivity contribution in [1.29, 1.82) is 0 Å². The number of hydrogen-bond donors (Lipinski definition) is 0. The fraction of sp³-hybridized carbons (Fsp3) is 0.391. The molecule has 0 spiro atoms. The number of fused-ring (bicyclic) bond motifs is 1. The first-order valence-electron chi connectivity index (χ1n) is 10.00. The van der Waals surface area contributed by atoms with Crippen molar-refractivity contribution in [1.82, 2.24) is 9.80 Å². The molecule has 6 heteroatoms. The van der Waals surface area contributed by atoms with E-state index in [-0.39, 0.29) is 24.0 Å². The molecule has 152 valence electrons. The summed E-state index contributed by atoms with van der Waals surface area (Å²) in [6.45, 7) is 1.99. The molecule has 0 aromatic heterocycles. The van der Waals surface area contributed by atoms with Gasteiger partial charge in [-0.05, 0) is 23.3 Å². The molecular formula is C23H26N2O4. The Kier molecular flexibility index (Phi) is 5.81. The van der Waals surface area contributed by atoms with Crippen LogP contribution in [-0.4, -0.2) is 60.6 Å². The first-order valence-corrected chi connectivity index (χ1v) is 10.00. The maximum atomic E-state index is 12.9. The fourth-order valence-corrected chi connectivity index (χ4v) is 4.06. The average Bonchev–Trinajstić information content (AvgIpc) is 3.11. The molecule has 2 amide bonds. The van der Waals surface area contributed by atoms with Crippen molar-refractivity contribution in [3.05, 3.63) is 65.7 Å². The van der Waals surface area contributed by atoms with E-state index in [1.165, 1.54) is 0 Å². The van der Waals surface area contributed by atoms with Crippen molar-refractivity contribution in [3.8, 4) is 5.75 Å². The van der Waals surface area contributed by atoms with Gasteiger partial charge in [-0.2, -0.15) is 0 Å². The number of nitrogens with zero attached hydrogens (tertiary/aromatic N) is 2. The molecule has 0 saturated carbocycles. The third kappa shape index (κ3) is 4.43. The van der Waals surface area contributed by atoms with Gasteiger partial charge in [0.2, 0.25) is 11.8 Å². The Labute approximate surface area is 171 Å². The quantitative estimate of drug-likeness (QED) is 0.781. The maximum absolute atomic E-state index is 12.9. The van der Waals surface area contributed by atoms with Crippen LogP contribution in [-0.2, 0) is 27.3 Å². The molecule has 6 nitrogen and oxygen atoms in total. The van der Waals surface area contributed by atoms with E-state index in [0.29, 0.717) is 39.1 Å². The van der Waals surface area contributed by atoms with Crippen LogP contribution >= 0.6 is 0 Å². The van der Waals surface area contributed by atoms with Crippen molar-refractivity contribution in [2.24, 2.45) is 0 Å². The van der Waals surface area contributed by atoms with Crippen LogP contribution in [0, 0.1) is 0 Å². The lowest BCUT2D eigenvalue weighted by molar-refractivity contribution is -0.135. The Morgan fingerprint density at radius 3 is 2.55 bits per heavy atom. The van der Waals surface area contributed by atoms with Gasteiger partial charge in [0.1, 0.15) is 5.75 Å². The molecule has 2 saturated heterocycles. The van der Waals surface area contributed by atoms with Gasteiger partial charge in [0, 0.05) is 19.6 Å². The summed E-state index contributed by atoms with van der Waals surface area (Å²) in [5, 5.41) is 0. The minimum Gasteiger partial charge on any atom is -0.497 e. The molecule has 0 aliphatic carbocycles. The van der Waals surface area contributed by atoms with Crippen LogP contribution in [0.1, 0.15) is 17.5 Å². The summed E-state index contributed by atoms with van der Waals surface area (Å²) in [6.07, 6.45) is 0.584. The summed E-state index contributed by atoms with van der Waals surface area (Å²) in [4.78, 5) is 29.3. The summed E-state index contributed by atoms with van der Waals surface area (Å²) >= 11 is 0. The third-order valence-corrected chi connectivity index (χ3v) is 5.67. The van der Waals surface area contributed by atoms with E-state index in [1.54, 1.807) is 7.11 Å². The summed E-state index contributed by atoms with van der Waals surface area (Å²) in [7, 11) is 1.62. The predicted molar refractivity (Wildman–Crippen MR) is 108 cm³/mol. The average molecular weight is 394 g/mol. The highest BCUT2D eigenvalue weighted by Crippen LogP contribution is 2.26. The van der Waals surface area contributed by atoms with Crippen molar-refractivity contribution in [2.45, 2.75) is 31.5 Å². The number of benzene rings is 2.